The molecule has 1 N–H and O–H groups in total. The van der Waals surface area contributed by atoms with E-state index in [0.717, 1.165) is 5.92 Å². The summed E-state index contributed by atoms with van der Waals surface area (Å²) in [7, 11) is 0. The van der Waals surface area contributed by atoms with E-state index in [1.807, 2.05) is 6.20 Å². The van der Waals surface area contributed by atoms with E-state index >= 15 is 0 Å². The van der Waals surface area contributed by atoms with Crippen molar-refractivity contribution in [3.8, 4) is 0 Å². The fourth-order valence-electron chi connectivity index (χ4n) is 3.01. The van der Waals surface area contributed by atoms with Crippen molar-refractivity contribution in [1.29, 1.82) is 0 Å². The van der Waals surface area contributed by atoms with Gasteiger partial charge in [-0.2, -0.15) is 0 Å². The third-order valence-electron chi connectivity index (χ3n) is 3.92. The summed E-state index contributed by atoms with van der Waals surface area (Å²) in [4.78, 5) is 6.98. The smallest absolute Gasteiger partial charge is 0.109 e. The molecule has 0 spiro atoms. The van der Waals surface area contributed by atoms with Gasteiger partial charge < -0.3 is 10.2 Å². The number of rotatable bonds is 3. The molecule has 2 fully saturated rings. The van der Waals surface area contributed by atoms with E-state index in [0.29, 0.717) is 12.1 Å². The summed E-state index contributed by atoms with van der Waals surface area (Å²) in [6.45, 7) is 6.13. The fourth-order valence-corrected chi connectivity index (χ4v) is 3.67. The first-order valence-electron chi connectivity index (χ1n) is 6.21. The summed E-state index contributed by atoms with van der Waals surface area (Å²) < 4.78 is 0. The van der Waals surface area contributed by atoms with E-state index < -0.39 is 0 Å². The molecule has 16 heavy (non-hydrogen) atoms. The van der Waals surface area contributed by atoms with E-state index in [4.69, 9.17) is 0 Å². The van der Waals surface area contributed by atoms with Crippen LogP contribution in [-0.4, -0.2) is 35.6 Å². The molecule has 0 saturated carbocycles. The van der Waals surface area contributed by atoms with Crippen LogP contribution in [0, 0.1) is 5.92 Å². The highest BCUT2D eigenvalue weighted by Crippen LogP contribution is 2.29. The minimum absolute atomic E-state index is 0.414. The summed E-state index contributed by atoms with van der Waals surface area (Å²) in [6.07, 6.45) is 4.58. The molecule has 2 aliphatic heterocycles. The molecule has 2 saturated heterocycles. The first kappa shape index (κ1) is 10.7. The van der Waals surface area contributed by atoms with Gasteiger partial charge >= 0.3 is 0 Å². The van der Waals surface area contributed by atoms with Crippen molar-refractivity contribution in [3.63, 3.8) is 0 Å². The molecule has 2 bridgehead atoms. The van der Waals surface area contributed by atoms with Gasteiger partial charge in [-0.3, -0.25) is 0 Å². The maximum absolute atomic E-state index is 4.39. The lowest BCUT2D eigenvalue weighted by molar-refractivity contribution is 0.212. The third-order valence-corrected chi connectivity index (χ3v) is 4.88. The molecule has 4 unspecified atom stereocenters. The molecule has 2 aliphatic rings. The Balaban J connectivity index is 1.62. The summed E-state index contributed by atoms with van der Waals surface area (Å²) in [6, 6.07) is 1.12. The van der Waals surface area contributed by atoms with Crippen LogP contribution in [0.4, 0.5) is 0 Å². The van der Waals surface area contributed by atoms with Gasteiger partial charge in [-0.15, -0.1) is 11.3 Å². The Morgan fingerprint density at radius 2 is 2.38 bits per heavy atom. The topological polar surface area (TPSA) is 28.2 Å². The molecule has 3 heterocycles. The normalized spacial score (nSPS) is 35.2. The van der Waals surface area contributed by atoms with Crippen LogP contribution in [0.25, 0.3) is 0 Å². The molecule has 1 aromatic heterocycles. The average Bonchev–Trinajstić information content (AvgIpc) is 2.93. The number of thiazole rings is 1. The Labute approximate surface area is 101 Å². The Hall–Kier alpha value is -0.450. The highest BCUT2D eigenvalue weighted by molar-refractivity contribution is 7.09. The van der Waals surface area contributed by atoms with Crippen molar-refractivity contribution in [3.05, 3.63) is 16.6 Å². The summed E-state index contributed by atoms with van der Waals surface area (Å²) in [5.41, 5.74) is 0. The van der Waals surface area contributed by atoms with Crippen molar-refractivity contribution in [1.82, 2.24) is 15.2 Å². The van der Waals surface area contributed by atoms with Crippen LogP contribution in [0.15, 0.2) is 11.6 Å². The second-order valence-electron chi connectivity index (χ2n) is 5.00. The maximum atomic E-state index is 4.39. The number of nitrogens with zero attached hydrogens (tertiary/aromatic N) is 2. The van der Waals surface area contributed by atoms with Crippen LogP contribution in [-0.2, 0) is 0 Å². The molecule has 3 rings (SSSR count). The standard InChI is InChI=1S/C12H19N3S/c1-9(12-13-4-7-16-12)14-11-3-6-15-5-2-10(11)8-15/h4,7,9-11,14H,2-3,5-6,8H2,1H3. The highest BCUT2D eigenvalue weighted by Gasteiger charge is 2.34. The Bertz CT molecular complexity index is 338. The Kier molecular flexibility index (Phi) is 2.96. The van der Waals surface area contributed by atoms with Gasteiger partial charge in [0.15, 0.2) is 0 Å². The van der Waals surface area contributed by atoms with Gasteiger partial charge in [-0.25, -0.2) is 4.98 Å². The van der Waals surface area contributed by atoms with Crippen LogP contribution < -0.4 is 5.32 Å². The average molecular weight is 237 g/mol. The van der Waals surface area contributed by atoms with E-state index in [9.17, 15) is 0 Å². The van der Waals surface area contributed by atoms with Gasteiger partial charge in [-0.05, 0) is 38.8 Å². The van der Waals surface area contributed by atoms with Gasteiger partial charge in [-0.1, -0.05) is 0 Å². The molecular formula is C12H19N3S. The first-order chi connectivity index (χ1) is 7.83. The molecule has 1 aromatic rings. The summed E-state index contributed by atoms with van der Waals surface area (Å²) >= 11 is 1.75. The van der Waals surface area contributed by atoms with E-state index in [-0.39, 0.29) is 0 Å². The quantitative estimate of drug-likeness (QED) is 0.870. The zero-order valence-electron chi connectivity index (χ0n) is 9.72. The van der Waals surface area contributed by atoms with Crippen LogP contribution >= 0.6 is 11.3 Å². The van der Waals surface area contributed by atoms with Crippen LogP contribution in [0.2, 0.25) is 0 Å². The van der Waals surface area contributed by atoms with Gasteiger partial charge in [0.1, 0.15) is 5.01 Å². The molecule has 88 valence electrons. The lowest BCUT2D eigenvalue weighted by Gasteiger charge is -2.32. The van der Waals surface area contributed by atoms with Gasteiger partial charge in [0.05, 0.1) is 6.04 Å². The zero-order valence-corrected chi connectivity index (χ0v) is 10.5. The molecule has 0 amide bonds. The maximum Gasteiger partial charge on any atom is 0.109 e. The minimum Gasteiger partial charge on any atom is -0.305 e. The van der Waals surface area contributed by atoms with Gasteiger partial charge in [0.25, 0.3) is 0 Å². The minimum atomic E-state index is 0.414. The molecule has 0 aromatic carbocycles. The number of nitrogens with one attached hydrogen (secondary N) is 1. The number of piperidine rings is 1. The number of fused-ring (bicyclic) bond motifs is 2. The van der Waals surface area contributed by atoms with Crippen molar-refractivity contribution >= 4 is 11.3 Å². The Morgan fingerprint density at radius 3 is 3.19 bits per heavy atom. The lowest BCUT2D eigenvalue weighted by atomic mass is 9.93. The van der Waals surface area contributed by atoms with Gasteiger partial charge in [0.2, 0.25) is 0 Å². The van der Waals surface area contributed by atoms with E-state index in [1.165, 1.54) is 37.5 Å². The SMILES string of the molecule is CC(NC1CCN2CCC1C2)c1nccs1. The number of aromatic nitrogens is 1. The van der Waals surface area contributed by atoms with Gasteiger partial charge in [0, 0.05) is 24.2 Å². The van der Waals surface area contributed by atoms with E-state index in [2.05, 4.69) is 27.5 Å². The van der Waals surface area contributed by atoms with Crippen LogP contribution in [0.5, 0.6) is 0 Å². The van der Waals surface area contributed by atoms with Crippen molar-refractivity contribution in [2.24, 2.45) is 5.92 Å². The second kappa shape index (κ2) is 4.43. The van der Waals surface area contributed by atoms with Crippen LogP contribution in [0.3, 0.4) is 0 Å². The molecule has 0 radical (unpaired) electrons. The zero-order chi connectivity index (χ0) is 11.0. The van der Waals surface area contributed by atoms with Crippen LogP contribution in [0.1, 0.15) is 30.8 Å². The molecule has 4 atom stereocenters. The number of hydrogen-bond acceptors (Lipinski definition) is 4. The summed E-state index contributed by atoms with van der Waals surface area (Å²) in [5.74, 6) is 0.871. The van der Waals surface area contributed by atoms with E-state index in [1.54, 1.807) is 11.3 Å². The summed E-state index contributed by atoms with van der Waals surface area (Å²) in [5, 5.41) is 7.05. The fraction of sp³-hybridized carbons (Fsp3) is 0.750. The number of hydrogen-bond donors (Lipinski definition) is 1. The second-order valence-corrected chi connectivity index (χ2v) is 5.93. The van der Waals surface area contributed by atoms with Crippen molar-refractivity contribution in [2.75, 3.05) is 19.6 Å². The predicted molar refractivity (Wildman–Crippen MR) is 66.6 cm³/mol. The predicted octanol–water partition coefficient (Wildman–Crippen LogP) is 1.89. The lowest BCUT2D eigenvalue weighted by Crippen LogP contribution is -2.44. The monoisotopic (exact) mass is 237 g/mol. The van der Waals surface area contributed by atoms with Crippen molar-refractivity contribution in [2.45, 2.75) is 31.8 Å². The largest absolute Gasteiger partial charge is 0.305 e. The molecule has 0 aliphatic carbocycles. The first-order valence-corrected chi connectivity index (χ1v) is 7.08. The van der Waals surface area contributed by atoms with Crippen molar-refractivity contribution < 1.29 is 0 Å². The Morgan fingerprint density at radius 1 is 1.50 bits per heavy atom. The molecule has 4 heteroatoms. The highest BCUT2D eigenvalue weighted by atomic mass is 32.1. The third kappa shape index (κ3) is 2.01. The molecular weight excluding hydrogens is 218 g/mol. The molecule has 3 nitrogen and oxygen atoms in total.